The second-order valence-electron chi connectivity index (χ2n) is 8.16. The van der Waals surface area contributed by atoms with Crippen LogP contribution in [-0.2, 0) is 6.42 Å². The number of rotatable bonds is 7. The molecule has 154 valence electrons. The molecule has 1 aromatic heterocycles. The zero-order valence-corrected chi connectivity index (χ0v) is 18.0. The summed E-state index contributed by atoms with van der Waals surface area (Å²) in [5, 5.41) is 16.3. The number of hydrogen-bond acceptors (Lipinski definition) is 6. The summed E-state index contributed by atoms with van der Waals surface area (Å²) in [4.78, 5) is 11.9. The number of piperidine rings is 1. The predicted octanol–water partition coefficient (Wildman–Crippen LogP) is 4.32. The average molecular weight is 393 g/mol. The van der Waals surface area contributed by atoms with Crippen molar-refractivity contribution in [1.82, 2.24) is 15.3 Å². The van der Waals surface area contributed by atoms with Crippen molar-refractivity contribution in [3.63, 3.8) is 0 Å². The summed E-state index contributed by atoms with van der Waals surface area (Å²) < 4.78 is 0. The first-order valence-corrected chi connectivity index (χ1v) is 10.6. The van der Waals surface area contributed by atoms with E-state index >= 15 is 0 Å². The van der Waals surface area contributed by atoms with E-state index < -0.39 is 0 Å². The number of hydrogen-bond donors (Lipinski definition) is 2. The molecule has 0 amide bonds. The molecule has 2 heterocycles. The number of benzene rings is 1. The zero-order valence-electron chi connectivity index (χ0n) is 18.0. The van der Waals surface area contributed by atoms with Crippen LogP contribution in [0.5, 0.6) is 0 Å². The van der Waals surface area contributed by atoms with Crippen molar-refractivity contribution in [3.05, 3.63) is 41.1 Å². The highest BCUT2D eigenvalue weighted by molar-refractivity contribution is 5.59. The fourth-order valence-corrected chi connectivity index (χ4v) is 3.83. The van der Waals surface area contributed by atoms with Crippen LogP contribution in [0.25, 0.3) is 0 Å². The molecule has 2 N–H and O–H groups in total. The lowest BCUT2D eigenvalue weighted by Gasteiger charge is -2.35. The molecule has 2 aromatic rings. The Kier molecular flexibility index (Phi) is 7.05. The van der Waals surface area contributed by atoms with Crippen LogP contribution in [0.3, 0.4) is 0 Å². The summed E-state index contributed by atoms with van der Waals surface area (Å²) in [6.07, 6.45) is 4.32. The Morgan fingerprint density at radius 3 is 2.83 bits per heavy atom. The van der Waals surface area contributed by atoms with E-state index in [2.05, 4.69) is 48.4 Å². The molecule has 6 heteroatoms. The lowest BCUT2D eigenvalue weighted by molar-refractivity contribution is 0.393. The Bertz CT molecular complexity index is 870. The van der Waals surface area contributed by atoms with Crippen molar-refractivity contribution in [2.75, 3.05) is 23.3 Å². The van der Waals surface area contributed by atoms with Gasteiger partial charge in [-0.2, -0.15) is 10.2 Å². The Morgan fingerprint density at radius 1 is 1.28 bits per heavy atom. The lowest BCUT2D eigenvalue weighted by atomic mass is 10.0. The van der Waals surface area contributed by atoms with E-state index in [1.54, 1.807) is 0 Å². The van der Waals surface area contributed by atoms with Crippen molar-refractivity contribution in [2.45, 2.75) is 65.5 Å². The predicted molar refractivity (Wildman–Crippen MR) is 119 cm³/mol. The highest BCUT2D eigenvalue weighted by atomic mass is 15.2. The van der Waals surface area contributed by atoms with Crippen LogP contribution in [0.2, 0.25) is 0 Å². The Morgan fingerprint density at radius 2 is 2.10 bits per heavy atom. The first-order valence-electron chi connectivity index (χ1n) is 10.6. The third kappa shape index (κ3) is 5.68. The molecule has 0 unspecified atom stereocenters. The molecule has 0 saturated carbocycles. The third-order valence-electron chi connectivity index (χ3n) is 5.20. The van der Waals surface area contributed by atoms with Crippen LogP contribution in [0, 0.1) is 18.3 Å². The molecule has 0 aliphatic carbocycles. The smallest absolute Gasteiger partial charge is 0.229 e. The average Bonchev–Trinajstić information content (AvgIpc) is 2.69. The number of nitrogens with one attached hydrogen (secondary N) is 2. The SMILES string of the molecule is CCCc1cc(N2CCC[C@@H](NC(C)C)C2)nc(Nc2ccc(C)c(C#N)c2)n1. The van der Waals surface area contributed by atoms with E-state index in [9.17, 15) is 5.26 Å². The van der Waals surface area contributed by atoms with Gasteiger partial charge in [0.15, 0.2) is 0 Å². The van der Waals surface area contributed by atoms with E-state index in [-0.39, 0.29) is 0 Å². The summed E-state index contributed by atoms with van der Waals surface area (Å²) in [5.74, 6) is 1.58. The summed E-state index contributed by atoms with van der Waals surface area (Å²) in [6.45, 7) is 10.5. The molecule has 1 aliphatic rings. The summed E-state index contributed by atoms with van der Waals surface area (Å²) in [6, 6.07) is 11.1. The van der Waals surface area contributed by atoms with E-state index in [0.717, 1.165) is 55.1 Å². The van der Waals surface area contributed by atoms with Gasteiger partial charge >= 0.3 is 0 Å². The first kappa shape index (κ1) is 21.1. The van der Waals surface area contributed by atoms with Crippen molar-refractivity contribution in [3.8, 4) is 6.07 Å². The molecular formula is C23H32N6. The fourth-order valence-electron chi connectivity index (χ4n) is 3.83. The van der Waals surface area contributed by atoms with E-state index in [1.165, 1.54) is 6.42 Å². The van der Waals surface area contributed by atoms with Gasteiger partial charge in [-0.15, -0.1) is 0 Å². The van der Waals surface area contributed by atoms with Gasteiger partial charge in [-0.05, 0) is 43.9 Å². The van der Waals surface area contributed by atoms with Crippen LogP contribution < -0.4 is 15.5 Å². The maximum Gasteiger partial charge on any atom is 0.229 e. The van der Waals surface area contributed by atoms with Gasteiger partial charge in [-0.3, -0.25) is 0 Å². The number of aryl methyl sites for hydroxylation is 2. The van der Waals surface area contributed by atoms with E-state index in [1.807, 2.05) is 25.1 Å². The molecule has 1 aliphatic heterocycles. The van der Waals surface area contributed by atoms with Crippen molar-refractivity contribution in [2.24, 2.45) is 0 Å². The lowest BCUT2D eigenvalue weighted by Crippen LogP contribution is -2.48. The molecule has 1 atom stereocenters. The maximum absolute atomic E-state index is 9.30. The van der Waals surface area contributed by atoms with Crippen LogP contribution in [0.4, 0.5) is 17.5 Å². The summed E-state index contributed by atoms with van der Waals surface area (Å²) >= 11 is 0. The van der Waals surface area contributed by atoms with Gasteiger partial charge in [-0.25, -0.2) is 4.98 Å². The van der Waals surface area contributed by atoms with Crippen LogP contribution in [-0.4, -0.2) is 35.1 Å². The van der Waals surface area contributed by atoms with Gasteiger partial charge in [0.2, 0.25) is 5.95 Å². The number of nitrogens with zero attached hydrogens (tertiary/aromatic N) is 4. The van der Waals surface area contributed by atoms with Gasteiger partial charge in [0.25, 0.3) is 0 Å². The minimum atomic E-state index is 0.481. The Balaban J connectivity index is 1.85. The largest absolute Gasteiger partial charge is 0.355 e. The maximum atomic E-state index is 9.30. The standard InChI is InChI=1S/C23H32N6/c1-5-7-19-13-22(29-11-6-8-21(15-29)25-16(2)3)28-23(26-19)27-20-10-9-17(4)18(12-20)14-24/h9-10,12-13,16,21,25H,5-8,11,15H2,1-4H3,(H,26,27,28)/t21-/m1/s1. The quantitative estimate of drug-likeness (QED) is 0.731. The van der Waals surface area contributed by atoms with Gasteiger partial charge in [-0.1, -0.05) is 33.3 Å². The molecule has 3 rings (SSSR count). The van der Waals surface area contributed by atoms with Crippen molar-refractivity contribution >= 4 is 17.5 Å². The summed E-state index contributed by atoms with van der Waals surface area (Å²) in [5.41, 5.74) is 3.52. The highest BCUT2D eigenvalue weighted by Gasteiger charge is 2.22. The molecule has 6 nitrogen and oxygen atoms in total. The number of anilines is 3. The van der Waals surface area contributed by atoms with Crippen molar-refractivity contribution < 1.29 is 0 Å². The zero-order chi connectivity index (χ0) is 20.8. The second kappa shape index (κ2) is 9.71. The third-order valence-corrected chi connectivity index (χ3v) is 5.20. The fraction of sp³-hybridized carbons (Fsp3) is 0.522. The van der Waals surface area contributed by atoms with Gasteiger partial charge < -0.3 is 15.5 Å². The first-order chi connectivity index (χ1) is 14.0. The molecule has 0 spiro atoms. The molecular weight excluding hydrogens is 360 g/mol. The summed E-state index contributed by atoms with van der Waals surface area (Å²) in [7, 11) is 0. The number of aromatic nitrogens is 2. The molecule has 1 aromatic carbocycles. The molecule has 0 bridgehead atoms. The van der Waals surface area contributed by atoms with Crippen LogP contribution in [0.15, 0.2) is 24.3 Å². The molecule has 1 fully saturated rings. The van der Waals surface area contributed by atoms with Crippen molar-refractivity contribution in [1.29, 1.82) is 5.26 Å². The normalized spacial score (nSPS) is 16.7. The topological polar surface area (TPSA) is 76.9 Å². The van der Waals surface area contributed by atoms with E-state index in [0.29, 0.717) is 23.6 Å². The van der Waals surface area contributed by atoms with Crippen LogP contribution >= 0.6 is 0 Å². The monoisotopic (exact) mass is 392 g/mol. The molecule has 29 heavy (non-hydrogen) atoms. The second-order valence-corrected chi connectivity index (χ2v) is 8.16. The molecule has 1 saturated heterocycles. The van der Waals surface area contributed by atoms with Gasteiger partial charge in [0, 0.05) is 42.6 Å². The van der Waals surface area contributed by atoms with E-state index in [4.69, 9.17) is 9.97 Å². The van der Waals surface area contributed by atoms with Gasteiger partial charge in [0.1, 0.15) is 5.82 Å². The minimum absolute atomic E-state index is 0.481. The number of nitriles is 1. The van der Waals surface area contributed by atoms with Crippen LogP contribution in [0.1, 0.15) is 56.9 Å². The Hall–Kier alpha value is -2.65. The molecule has 0 radical (unpaired) electrons. The highest BCUT2D eigenvalue weighted by Crippen LogP contribution is 2.23. The van der Waals surface area contributed by atoms with Gasteiger partial charge in [0.05, 0.1) is 11.6 Å². The Labute approximate surface area is 174 Å². The minimum Gasteiger partial charge on any atom is -0.355 e.